The number of nitrogens with zero attached hydrogens (tertiary/aromatic N) is 2. The Morgan fingerprint density at radius 3 is 2.17 bits per heavy atom. The Bertz CT molecular complexity index is 1360. The molecule has 2 aliphatic rings. The van der Waals surface area contributed by atoms with E-state index in [-0.39, 0.29) is 12.5 Å². The minimum atomic E-state index is -0.975. The molecular weight excluding hydrogens is 534 g/mol. The van der Waals surface area contributed by atoms with Gasteiger partial charge < -0.3 is 20.1 Å². The number of ether oxygens (including phenoxy) is 2. The first-order chi connectivity index (χ1) is 19.9. The van der Waals surface area contributed by atoms with Crippen LogP contribution < -0.4 is 10.6 Å². The number of benzene rings is 3. The molecule has 0 radical (unpaired) electrons. The molecule has 0 spiro atoms. The van der Waals surface area contributed by atoms with Crippen molar-refractivity contribution < 1.29 is 32.6 Å². The molecule has 3 amide bonds. The Hall–Kier alpha value is -4.35. The Morgan fingerprint density at radius 1 is 0.878 bits per heavy atom. The average molecular weight is 565 g/mol. The number of nitrogens with one attached hydrogen (secondary N) is 2. The van der Waals surface area contributed by atoms with Crippen LogP contribution in [0.2, 0.25) is 0 Å². The van der Waals surface area contributed by atoms with Crippen molar-refractivity contribution in [2.24, 2.45) is 0 Å². The first kappa shape index (κ1) is 28.2. The summed E-state index contributed by atoms with van der Waals surface area (Å²) >= 11 is 0. The zero-order valence-electron chi connectivity index (χ0n) is 22.2. The minimum Gasteiger partial charge on any atom is -0.438 e. The van der Waals surface area contributed by atoms with E-state index in [1.807, 2.05) is 0 Å². The van der Waals surface area contributed by atoms with Crippen molar-refractivity contribution in [3.63, 3.8) is 0 Å². The first-order valence-corrected chi connectivity index (χ1v) is 13.3. The van der Waals surface area contributed by atoms with E-state index in [1.54, 1.807) is 36.4 Å². The second kappa shape index (κ2) is 12.9. The van der Waals surface area contributed by atoms with Gasteiger partial charge in [-0.1, -0.05) is 24.3 Å². The molecule has 3 aromatic carbocycles. The maximum atomic E-state index is 13.5. The van der Waals surface area contributed by atoms with E-state index in [4.69, 9.17) is 9.47 Å². The van der Waals surface area contributed by atoms with Crippen LogP contribution in [0.4, 0.5) is 19.3 Å². The van der Waals surface area contributed by atoms with E-state index in [0.717, 1.165) is 13.1 Å². The van der Waals surface area contributed by atoms with Gasteiger partial charge >= 0.3 is 6.09 Å². The predicted molar refractivity (Wildman–Crippen MR) is 146 cm³/mol. The van der Waals surface area contributed by atoms with Crippen LogP contribution in [0, 0.1) is 11.6 Å². The van der Waals surface area contributed by atoms with E-state index in [0.29, 0.717) is 48.7 Å². The number of carbonyl (C=O) groups is 3. The molecule has 2 atom stereocenters. The second-order valence-electron chi connectivity index (χ2n) is 9.83. The van der Waals surface area contributed by atoms with Crippen molar-refractivity contribution in [3.8, 4) is 0 Å². The number of cyclic esters (lactones) is 1. The van der Waals surface area contributed by atoms with Gasteiger partial charge in [-0.15, -0.1) is 0 Å². The van der Waals surface area contributed by atoms with E-state index < -0.39 is 35.8 Å². The Labute approximate surface area is 236 Å². The van der Waals surface area contributed by atoms with Crippen LogP contribution in [-0.4, -0.2) is 73.1 Å². The van der Waals surface area contributed by atoms with Gasteiger partial charge in [0, 0.05) is 37.4 Å². The van der Waals surface area contributed by atoms with Crippen molar-refractivity contribution in [1.29, 1.82) is 0 Å². The van der Waals surface area contributed by atoms with Crippen molar-refractivity contribution in [2.75, 3.05) is 44.7 Å². The van der Waals surface area contributed by atoms with Crippen LogP contribution in [0.25, 0.3) is 0 Å². The third-order valence-corrected chi connectivity index (χ3v) is 7.05. The molecule has 3 aromatic rings. The molecule has 2 aliphatic heterocycles. The molecule has 0 aromatic heterocycles. The number of carbonyl (C=O) groups excluding carboxylic acids is 3. The maximum Gasteiger partial charge on any atom is 0.411 e. The van der Waals surface area contributed by atoms with E-state index in [2.05, 4.69) is 15.5 Å². The highest BCUT2D eigenvalue weighted by Gasteiger charge is 2.47. The Kier molecular flexibility index (Phi) is 8.85. The molecule has 11 heteroatoms. The van der Waals surface area contributed by atoms with Crippen molar-refractivity contribution in [1.82, 2.24) is 15.1 Å². The predicted octanol–water partition coefficient (Wildman–Crippen LogP) is 3.73. The fourth-order valence-corrected chi connectivity index (χ4v) is 4.82. The van der Waals surface area contributed by atoms with Crippen LogP contribution >= 0.6 is 0 Å². The lowest BCUT2D eigenvalue weighted by Crippen LogP contribution is -2.48. The molecule has 2 unspecified atom stereocenters. The fourth-order valence-electron chi connectivity index (χ4n) is 4.82. The third-order valence-electron chi connectivity index (χ3n) is 7.05. The average Bonchev–Trinajstić information content (AvgIpc) is 3.31. The molecule has 2 saturated heterocycles. The largest absolute Gasteiger partial charge is 0.438 e. The van der Waals surface area contributed by atoms with Crippen molar-refractivity contribution in [3.05, 3.63) is 101 Å². The van der Waals surface area contributed by atoms with Crippen molar-refractivity contribution in [2.45, 2.75) is 18.7 Å². The highest BCUT2D eigenvalue weighted by atomic mass is 19.1. The highest BCUT2D eigenvalue weighted by molar-refractivity contribution is 6.04. The first-order valence-electron chi connectivity index (χ1n) is 13.3. The topological polar surface area (TPSA) is 100 Å². The van der Waals surface area contributed by atoms with Gasteiger partial charge in [0.15, 0.2) is 12.1 Å². The summed E-state index contributed by atoms with van der Waals surface area (Å²) in [5, 5.41) is 5.68. The lowest BCUT2D eigenvalue weighted by molar-refractivity contribution is -0.126. The van der Waals surface area contributed by atoms with Gasteiger partial charge in [0.25, 0.3) is 5.91 Å². The summed E-state index contributed by atoms with van der Waals surface area (Å²) in [4.78, 5) is 42.5. The van der Waals surface area contributed by atoms with Gasteiger partial charge in [-0.3, -0.25) is 19.4 Å². The minimum absolute atomic E-state index is 0.0585. The number of amides is 3. The second-order valence-corrected chi connectivity index (χ2v) is 9.83. The van der Waals surface area contributed by atoms with Crippen LogP contribution in [0.1, 0.15) is 27.6 Å². The summed E-state index contributed by atoms with van der Waals surface area (Å²) < 4.78 is 37.7. The van der Waals surface area contributed by atoms with Crippen LogP contribution in [0.5, 0.6) is 0 Å². The zero-order chi connectivity index (χ0) is 28.8. The van der Waals surface area contributed by atoms with Crippen LogP contribution in [0.3, 0.4) is 0 Å². The van der Waals surface area contributed by atoms with Gasteiger partial charge in [-0.25, -0.2) is 13.6 Å². The van der Waals surface area contributed by atoms with Gasteiger partial charge in [0.2, 0.25) is 5.91 Å². The summed E-state index contributed by atoms with van der Waals surface area (Å²) in [6, 6.07) is 16.5. The number of hydrogen-bond acceptors (Lipinski definition) is 6. The SMILES string of the molecule is O=C(Nc1ccc(C2OC(=O)N(Cc3ccc(F)cc3)C2C(=O)NCCN2CCOCC2)cc1)c1ccc(F)cc1. The molecule has 41 heavy (non-hydrogen) atoms. The summed E-state index contributed by atoms with van der Waals surface area (Å²) in [7, 11) is 0. The molecule has 9 nitrogen and oxygen atoms in total. The van der Waals surface area contributed by atoms with Crippen LogP contribution in [-0.2, 0) is 20.8 Å². The lowest BCUT2D eigenvalue weighted by Gasteiger charge is -2.28. The van der Waals surface area contributed by atoms with Gasteiger partial charge in [-0.2, -0.15) is 0 Å². The Balaban J connectivity index is 1.31. The van der Waals surface area contributed by atoms with E-state index in [1.165, 1.54) is 41.3 Å². The molecule has 214 valence electrons. The molecule has 2 N–H and O–H groups in total. The molecular formula is C30H30F2N4O5. The summed E-state index contributed by atoms with van der Waals surface area (Å²) in [6.45, 7) is 3.94. The standard InChI is InChI=1S/C30H30F2N4O5/c31-23-7-1-20(2-8-23)19-36-26(29(38)33-13-14-35-15-17-40-18-16-35)27(41-30(36)39)21-5-11-25(12-6-21)34-28(37)22-3-9-24(32)10-4-22/h1-12,26-27H,13-19H2,(H,33,38)(H,34,37). The molecule has 0 aliphatic carbocycles. The monoisotopic (exact) mass is 564 g/mol. The van der Waals surface area contributed by atoms with Crippen LogP contribution in [0.15, 0.2) is 72.8 Å². The van der Waals surface area contributed by atoms with E-state index in [9.17, 15) is 23.2 Å². The van der Waals surface area contributed by atoms with Gasteiger partial charge in [-0.05, 0) is 59.7 Å². The number of hydrogen-bond donors (Lipinski definition) is 2. The smallest absolute Gasteiger partial charge is 0.411 e. The number of halogens is 2. The molecule has 0 saturated carbocycles. The normalized spacial score (nSPS) is 19.1. The van der Waals surface area contributed by atoms with Gasteiger partial charge in [0.05, 0.1) is 19.8 Å². The molecule has 0 bridgehead atoms. The lowest BCUT2D eigenvalue weighted by atomic mass is 10.00. The van der Waals surface area contributed by atoms with Gasteiger partial charge in [0.1, 0.15) is 11.6 Å². The van der Waals surface area contributed by atoms with Crippen molar-refractivity contribution >= 4 is 23.6 Å². The van der Waals surface area contributed by atoms with E-state index >= 15 is 0 Å². The summed E-state index contributed by atoms with van der Waals surface area (Å²) in [6.07, 6.45) is -1.57. The maximum absolute atomic E-state index is 13.5. The fraction of sp³-hybridized carbons (Fsp3) is 0.300. The number of anilines is 1. The third kappa shape index (κ3) is 7.05. The molecule has 5 rings (SSSR count). The quantitative estimate of drug-likeness (QED) is 0.411. The zero-order valence-corrected chi connectivity index (χ0v) is 22.2. The summed E-state index contributed by atoms with van der Waals surface area (Å²) in [5.74, 6) is -1.62. The summed E-state index contributed by atoms with van der Waals surface area (Å²) in [5.41, 5.74) is 1.98. The number of morpholine rings is 1. The molecule has 2 heterocycles. The Morgan fingerprint density at radius 2 is 1.51 bits per heavy atom. The highest BCUT2D eigenvalue weighted by Crippen LogP contribution is 2.34. The number of rotatable bonds is 9. The molecule has 2 fully saturated rings.